The molecule has 4 rings (SSSR count). The van der Waals surface area contributed by atoms with Crippen LogP contribution >= 0.6 is 0 Å². The first-order valence-corrected chi connectivity index (χ1v) is 14.6. The van der Waals surface area contributed by atoms with Gasteiger partial charge in [-0.1, -0.05) is 6.07 Å². The van der Waals surface area contributed by atoms with E-state index in [0.717, 1.165) is 50.2 Å². The molecule has 1 amide bonds. The molecule has 0 spiro atoms. The Bertz CT molecular complexity index is 1210. The molecule has 0 unspecified atom stereocenters. The second-order valence-electron chi connectivity index (χ2n) is 11.1. The van der Waals surface area contributed by atoms with E-state index in [1.54, 1.807) is 0 Å². The number of amides is 1. The molecule has 0 radical (unpaired) electrons. The molecule has 2 aliphatic rings. The molecule has 1 saturated carbocycles. The number of carbonyl (C=O) groups is 2. The molecule has 3 N–H and O–H groups in total. The molecule has 42 heavy (non-hydrogen) atoms. The zero-order valence-electron chi connectivity index (χ0n) is 24.0. The van der Waals surface area contributed by atoms with E-state index in [-0.39, 0.29) is 30.8 Å². The van der Waals surface area contributed by atoms with E-state index >= 15 is 0 Å². The first-order chi connectivity index (χ1) is 20.3. The minimum atomic E-state index is -2.80. The highest BCUT2D eigenvalue weighted by atomic mass is 19.3. The van der Waals surface area contributed by atoms with E-state index in [9.17, 15) is 27.9 Å². The van der Waals surface area contributed by atoms with Crippen molar-refractivity contribution in [1.82, 2.24) is 20.2 Å². The molecule has 0 bridgehead atoms. The Hall–Kier alpha value is -3.25. The molecule has 0 saturated heterocycles. The third-order valence-corrected chi connectivity index (χ3v) is 8.13. The molecule has 1 fully saturated rings. The smallest absolute Gasteiger partial charge is 0.326 e. The van der Waals surface area contributed by atoms with Crippen LogP contribution in [0.25, 0.3) is 0 Å². The van der Waals surface area contributed by atoms with Crippen LogP contribution in [0.5, 0.6) is 0 Å². The Morgan fingerprint density at radius 2 is 2.02 bits per heavy atom. The summed E-state index contributed by atoms with van der Waals surface area (Å²) in [7, 11) is 1.43. The molecule has 1 aliphatic carbocycles. The predicted octanol–water partition coefficient (Wildman–Crippen LogP) is 4.07. The fourth-order valence-electron chi connectivity index (χ4n) is 5.47. The van der Waals surface area contributed by atoms with Gasteiger partial charge in [0, 0.05) is 44.2 Å². The van der Waals surface area contributed by atoms with Gasteiger partial charge in [0.2, 0.25) is 5.91 Å². The number of halogens is 3. The second kappa shape index (κ2) is 14.8. The lowest BCUT2D eigenvalue weighted by atomic mass is 9.95. The fourth-order valence-corrected chi connectivity index (χ4v) is 5.47. The zero-order valence-corrected chi connectivity index (χ0v) is 24.0. The number of rotatable bonds is 17. The number of nitrogens with one attached hydrogen (secondary N) is 2. The lowest BCUT2D eigenvalue weighted by molar-refractivity contribution is -0.142. The van der Waals surface area contributed by atoms with Crippen LogP contribution in [0, 0.1) is 0 Å². The van der Waals surface area contributed by atoms with Crippen molar-refractivity contribution in [3.8, 4) is 0 Å². The van der Waals surface area contributed by atoms with Gasteiger partial charge in [0.05, 0.1) is 17.2 Å². The monoisotopic (exact) mass is 591 g/mol. The number of ether oxygens (including phenoxy) is 1. The summed E-state index contributed by atoms with van der Waals surface area (Å²) in [5, 5.41) is 15.8. The summed E-state index contributed by atoms with van der Waals surface area (Å²) in [4.78, 5) is 36.0. The normalized spacial score (nSPS) is 16.9. The quantitative estimate of drug-likeness (QED) is 0.236. The van der Waals surface area contributed by atoms with Gasteiger partial charge < -0.3 is 25.4 Å². The molecule has 230 valence electrons. The van der Waals surface area contributed by atoms with Crippen LogP contribution in [0.2, 0.25) is 0 Å². The summed E-state index contributed by atoms with van der Waals surface area (Å²) >= 11 is 0. The summed E-state index contributed by atoms with van der Waals surface area (Å²) in [5.74, 6) is -0.892. The van der Waals surface area contributed by atoms with Crippen molar-refractivity contribution >= 4 is 17.7 Å². The number of aliphatic carboxylic acids is 1. The highest BCUT2D eigenvalue weighted by molar-refractivity contribution is 5.93. The number of carboxylic acid groups (broad SMARTS) is 1. The third-order valence-electron chi connectivity index (χ3n) is 8.13. The number of hydrogen-bond acceptors (Lipinski definition) is 7. The largest absolute Gasteiger partial charge is 0.480 e. The zero-order chi connectivity index (χ0) is 30.1. The summed E-state index contributed by atoms with van der Waals surface area (Å²) in [6, 6.07) is 5.56. The van der Waals surface area contributed by atoms with Gasteiger partial charge in [-0.3, -0.25) is 9.78 Å². The Morgan fingerprint density at radius 3 is 2.71 bits per heavy atom. The van der Waals surface area contributed by atoms with E-state index in [0.29, 0.717) is 19.4 Å². The molecule has 2 aromatic rings. The molecule has 9 nitrogen and oxygen atoms in total. The SMILES string of the molecule is CO[C@H](CF)CN(CCCCc1ccc2c(n1)NCCC2)CC[C@H](NC(=O)C1(c2ncccc2C(F)F)CC1)C(=O)O. The molecule has 2 aromatic heterocycles. The summed E-state index contributed by atoms with van der Waals surface area (Å²) in [6.45, 7) is 1.36. The fraction of sp³-hybridized carbons (Fsp3) is 0.600. The minimum Gasteiger partial charge on any atom is -0.480 e. The first-order valence-electron chi connectivity index (χ1n) is 14.6. The third kappa shape index (κ3) is 7.97. The first kappa shape index (κ1) is 31.7. The summed E-state index contributed by atoms with van der Waals surface area (Å²) in [6.07, 6.45) is 3.11. The van der Waals surface area contributed by atoms with Crippen molar-refractivity contribution in [1.29, 1.82) is 0 Å². The molecule has 3 heterocycles. The van der Waals surface area contributed by atoms with Gasteiger partial charge in [-0.05, 0) is 81.7 Å². The van der Waals surface area contributed by atoms with Crippen LogP contribution in [0.15, 0.2) is 30.5 Å². The van der Waals surface area contributed by atoms with Gasteiger partial charge in [-0.15, -0.1) is 0 Å². The number of aryl methyl sites for hydroxylation is 2. The number of aromatic nitrogens is 2. The minimum absolute atomic E-state index is 0.00153. The van der Waals surface area contributed by atoms with E-state index < -0.39 is 42.5 Å². The van der Waals surface area contributed by atoms with Gasteiger partial charge in [-0.25, -0.2) is 22.9 Å². The summed E-state index contributed by atoms with van der Waals surface area (Å²) < 4.78 is 45.9. The molecular weight excluding hydrogens is 551 g/mol. The molecule has 2 atom stereocenters. The van der Waals surface area contributed by atoms with Gasteiger partial charge in [0.1, 0.15) is 18.5 Å². The van der Waals surface area contributed by atoms with E-state index in [4.69, 9.17) is 9.72 Å². The van der Waals surface area contributed by atoms with E-state index in [2.05, 4.69) is 27.8 Å². The highest BCUT2D eigenvalue weighted by Crippen LogP contribution is 2.50. The van der Waals surface area contributed by atoms with Crippen molar-refractivity contribution in [3.05, 3.63) is 53.0 Å². The number of carbonyl (C=O) groups excluding carboxylic acids is 1. The maximum Gasteiger partial charge on any atom is 0.326 e. The van der Waals surface area contributed by atoms with Crippen molar-refractivity contribution in [2.45, 2.75) is 75.4 Å². The Balaban J connectivity index is 1.34. The number of fused-ring (bicyclic) bond motifs is 1. The summed E-state index contributed by atoms with van der Waals surface area (Å²) in [5.41, 5.74) is 0.657. The number of nitrogens with zero attached hydrogens (tertiary/aromatic N) is 3. The predicted molar refractivity (Wildman–Crippen MR) is 151 cm³/mol. The highest BCUT2D eigenvalue weighted by Gasteiger charge is 2.55. The number of pyridine rings is 2. The topological polar surface area (TPSA) is 117 Å². The maximum atomic E-state index is 13.6. The molecular formula is C30H40F3N5O4. The van der Waals surface area contributed by atoms with E-state index in [1.165, 1.54) is 31.0 Å². The number of methoxy groups -OCH3 is 1. The Labute approximate surface area is 244 Å². The number of hydrogen-bond donors (Lipinski definition) is 3. The second-order valence-corrected chi connectivity index (χ2v) is 11.1. The molecule has 12 heteroatoms. The average molecular weight is 592 g/mol. The van der Waals surface area contributed by atoms with Crippen LogP contribution in [0.3, 0.4) is 0 Å². The van der Waals surface area contributed by atoms with Crippen molar-refractivity contribution in [2.75, 3.05) is 45.3 Å². The van der Waals surface area contributed by atoms with Crippen LogP contribution in [-0.4, -0.2) is 84.0 Å². The standard InChI is InChI=1S/C30H40F3N5O4/c1-42-22(18-31)19-38(16-3-2-7-21-10-9-20-6-4-15-35-27(20)36-21)17-11-24(28(39)40)37-29(41)30(12-13-30)25-23(26(32)33)8-5-14-34-25/h5,8-10,14,22,24,26H,2-4,6-7,11-13,15-19H2,1H3,(H,35,36)(H,37,41)(H,39,40)/t22-,24+/m1/s1. The number of anilines is 1. The lowest BCUT2D eigenvalue weighted by Crippen LogP contribution is -2.48. The van der Waals surface area contributed by atoms with Gasteiger partial charge in [0.25, 0.3) is 6.43 Å². The van der Waals surface area contributed by atoms with Crippen molar-refractivity contribution < 1.29 is 32.6 Å². The molecule has 0 aromatic carbocycles. The van der Waals surface area contributed by atoms with Gasteiger partial charge in [0.15, 0.2) is 0 Å². The van der Waals surface area contributed by atoms with Crippen LogP contribution in [-0.2, 0) is 32.6 Å². The van der Waals surface area contributed by atoms with Crippen LogP contribution < -0.4 is 10.6 Å². The van der Waals surface area contributed by atoms with E-state index in [1.807, 2.05) is 4.90 Å². The average Bonchev–Trinajstić information content (AvgIpc) is 3.81. The Morgan fingerprint density at radius 1 is 1.21 bits per heavy atom. The van der Waals surface area contributed by atoms with Gasteiger partial charge in [-0.2, -0.15) is 0 Å². The maximum absolute atomic E-state index is 13.6. The van der Waals surface area contributed by atoms with Gasteiger partial charge >= 0.3 is 5.97 Å². The van der Waals surface area contributed by atoms with Crippen molar-refractivity contribution in [3.63, 3.8) is 0 Å². The Kier molecular flexibility index (Phi) is 11.1. The lowest BCUT2D eigenvalue weighted by Gasteiger charge is -2.27. The number of alkyl halides is 3. The number of carboxylic acids is 1. The van der Waals surface area contributed by atoms with Crippen LogP contribution in [0.1, 0.15) is 67.5 Å². The van der Waals surface area contributed by atoms with Crippen molar-refractivity contribution in [2.24, 2.45) is 0 Å². The molecule has 1 aliphatic heterocycles. The van der Waals surface area contributed by atoms with Crippen LogP contribution in [0.4, 0.5) is 19.0 Å². The number of unbranched alkanes of at least 4 members (excludes halogenated alkanes) is 1.